The Morgan fingerprint density at radius 2 is 2.35 bits per heavy atom. The van der Waals surface area contributed by atoms with Crippen LogP contribution < -0.4 is 5.32 Å². The van der Waals surface area contributed by atoms with Crippen LogP contribution in [0.5, 0.6) is 0 Å². The Morgan fingerprint density at radius 3 is 2.88 bits per heavy atom. The molecule has 0 radical (unpaired) electrons. The Balaban J connectivity index is 1.95. The molecule has 0 bridgehead atoms. The van der Waals surface area contributed by atoms with E-state index in [4.69, 9.17) is 0 Å². The van der Waals surface area contributed by atoms with Crippen molar-refractivity contribution in [3.8, 4) is 0 Å². The van der Waals surface area contributed by atoms with Gasteiger partial charge in [-0.25, -0.2) is 8.42 Å². The SMILES string of the molecule is C[C@]1(NC(=O)Cc2cccs2)CCS(=O)(=O)C1. The smallest absolute Gasteiger partial charge is 0.225 e. The summed E-state index contributed by atoms with van der Waals surface area (Å²) in [6, 6.07) is 3.80. The van der Waals surface area contributed by atoms with Gasteiger partial charge in [-0.15, -0.1) is 11.3 Å². The monoisotopic (exact) mass is 273 g/mol. The van der Waals surface area contributed by atoms with Gasteiger partial charge in [0.1, 0.15) is 0 Å². The van der Waals surface area contributed by atoms with E-state index in [0.29, 0.717) is 12.8 Å². The lowest BCUT2D eigenvalue weighted by atomic mass is 10.0. The van der Waals surface area contributed by atoms with Crippen molar-refractivity contribution >= 4 is 27.1 Å². The first-order chi connectivity index (χ1) is 7.89. The second-order valence-electron chi connectivity index (χ2n) is 4.71. The number of hydrogen-bond acceptors (Lipinski definition) is 4. The number of sulfone groups is 1. The molecule has 1 aromatic heterocycles. The fourth-order valence-electron chi connectivity index (χ4n) is 2.06. The van der Waals surface area contributed by atoms with Gasteiger partial charge in [0, 0.05) is 4.88 Å². The van der Waals surface area contributed by atoms with Gasteiger partial charge in [0.2, 0.25) is 5.91 Å². The fourth-order valence-corrected chi connectivity index (χ4v) is 4.86. The van der Waals surface area contributed by atoms with Gasteiger partial charge >= 0.3 is 0 Å². The maximum atomic E-state index is 11.8. The lowest BCUT2D eigenvalue weighted by Crippen LogP contribution is -2.47. The molecule has 1 amide bonds. The number of amides is 1. The van der Waals surface area contributed by atoms with E-state index in [1.165, 1.54) is 11.3 Å². The van der Waals surface area contributed by atoms with Gasteiger partial charge in [-0.05, 0) is 24.8 Å². The van der Waals surface area contributed by atoms with Crippen LogP contribution in [-0.4, -0.2) is 31.4 Å². The molecule has 2 heterocycles. The minimum Gasteiger partial charge on any atom is -0.350 e. The molecule has 17 heavy (non-hydrogen) atoms. The third-order valence-electron chi connectivity index (χ3n) is 2.86. The summed E-state index contributed by atoms with van der Waals surface area (Å²) in [6.07, 6.45) is 0.832. The number of rotatable bonds is 3. The van der Waals surface area contributed by atoms with E-state index in [9.17, 15) is 13.2 Å². The minimum atomic E-state index is -2.97. The van der Waals surface area contributed by atoms with Gasteiger partial charge in [0.25, 0.3) is 0 Å². The van der Waals surface area contributed by atoms with E-state index < -0.39 is 15.4 Å². The maximum absolute atomic E-state index is 11.8. The summed E-state index contributed by atoms with van der Waals surface area (Å²) in [7, 11) is -2.97. The molecule has 1 aliphatic rings. The van der Waals surface area contributed by atoms with Gasteiger partial charge in [0.05, 0.1) is 23.5 Å². The van der Waals surface area contributed by atoms with Crippen LogP contribution in [0.25, 0.3) is 0 Å². The first-order valence-corrected chi connectivity index (χ1v) is 8.13. The van der Waals surface area contributed by atoms with Crippen LogP contribution in [-0.2, 0) is 21.1 Å². The molecule has 6 heteroatoms. The van der Waals surface area contributed by atoms with E-state index in [1.54, 1.807) is 6.92 Å². The largest absolute Gasteiger partial charge is 0.350 e. The quantitative estimate of drug-likeness (QED) is 0.893. The summed E-state index contributed by atoms with van der Waals surface area (Å²) >= 11 is 1.53. The summed E-state index contributed by atoms with van der Waals surface area (Å²) in [6.45, 7) is 1.80. The highest BCUT2D eigenvalue weighted by Crippen LogP contribution is 2.23. The molecule has 1 atom stereocenters. The third-order valence-corrected chi connectivity index (χ3v) is 5.64. The zero-order valence-electron chi connectivity index (χ0n) is 9.60. The van der Waals surface area contributed by atoms with E-state index >= 15 is 0 Å². The second-order valence-corrected chi connectivity index (χ2v) is 7.92. The number of carbonyl (C=O) groups is 1. The highest BCUT2D eigenvalue weighted by atomic mass is 32.2. The molecule has 1 N–H and O–H groups in total. The van der Waals surface area contributed by atoms with Crippen molar-refractivity contribution in [3.05, 3.63) is 22.4 Å². The van der Waals surface area contributed by atoms with Crippen molar-refractivity contribution < 1.29 is 13.2 Å². The first-order valence-electron chi connectivity index (χ1n) is 5.42. The molecule has 0 aliphatic carbocycles. The molecule has 1 aromatic rings. The molecule has 4 nitrogen and oxygen atoms in total. The third kappa shape index (κ3) is 3.29. The number of nitrogens with one attached hydrogen (secondary N) is 1. The molecule has 1 aliphatic heterocycles. The second kappa shape index (κ2) is 4.42. The Hall–Kier alpha value is -0.880. The van der Waals surface area contributed by atoms with E-state index in [-0.39, 0.29) is 17.4 Å². The van der Waals surface area contributed by atoms with Crippen molar-refractivity contribution in [1.82, 2.24) is 5.32 Å². The van der Waals surface area contributed by atoms with Crippen LogP contribution in [0.2, 0.25) is 0 Å². The van der Waals surface area contributed by atoms with Crippen LogP contribution in [0.15, 0.2) is 17.5 Å². The number of thiophene rings is 1. The predicted octanol–water partition coefficient (Wildman–Crippen LogP) is 0.984. The zero-order chi connectivity index (χ0) is 12.5. The van der Waals surface area contributed by atoms with Crippen LogP contribution in [0.4, 0.5) is 0 Å². The van der Waals surface area contributed by atoms with Crippen molar-refractivity contribution in [2.75, 3.05) is 11.5 Å². The first kappa shape index (κ1) is 12.6. The van der Waals surface area contributed by atoms with Crippen LogP contribution >= 0.6 is 11.3 Å². The molecule has 1 saturated heterocycles. The molecular formula is C11H15NO3S2. The van der Waals surface area contributed by atoms with Gasteiger partial charge in [-0.2, -0.15) is 0 Å². The zero-order valence-corrected chi connectivity index (χ0v) is 11.2. The molecule has 0 saturated carbocycles. The van der Waals surface area contributed by atoms with Crippen molar-refractivity contribution in [2.24, 2.45) is 0 Å². The van der Waals surface area contributed by atoms with Gasteiger partial charge in [-0.3, -0.25) is 4.79 Å². The Morgan fingerprint density at radius 1 is 1.59 bits per heavy atom. The van der Waals surface area contributed by atoms with Crippen molar-refractivity contribution in [1.29, 1.82) is 0 Å². The average molecular weight is 273 g/mol. The molecule has 2 rings (SSSR count). The van der Waals surface area contributed by atoms with E-state index in [0.717, 1.165) is 4.88 Å². The van der Waals surface area contributed by atoms with E-state index in [2.05, 4.69) is 5.32 Å². The van der Waals surface area contributed by atoms with Crippen molar-refractivity contribution in [2.45, 2.75) is 25.3 Å². The van der Waals surface area contributed by atoms with Crippen molar-refractivity contribution in [3.63, 3.8) is 0 Å². The van der Waals surface area contributed by atoms with Crippen LogP contribution in [0.1, 0.15) is 18.2 Å². The van der Waals surface area contributed by atoms with Gasteiger partial charge in [-0.1, -0.05) is 6.07 Å². The maximum Gasteiger partial charge on any atom is 0.225 e. The lowest BCUT2D eigenvalue weighted by Gasteiger charge is -2.23. The topological polar surface area (TPSA) is 63.2 Å². The highest BCUT2D eigenvalue weighted by Gasteiger charge is 2.39. The lowest BCUT2D eigenvalue weighted by molar-refractivity contribution is -0.121. The Bertz CT molecular complexity index is 507. The van der Waals surface area contributed by atoms with E-state index in [1.807, 2.05) is 17.5 Å². The molecule has 0 spiro atoms. The predicted molar refractivity (Wildman–Crippen MR) is 67.8 cm³/mol. The molecule has 94 valence electrons. The number of hydrogen-bond donors (Lipinski definition) is 1. The van der Waals surface area contributed by atoms with Gasteiger partial charge in [0.15, 0.2) is 9.84 Å². The fraction of sp³-hybridized carbons (Fsp3) is 0.545. The standard InChI is InChI=1S/C11H15NO3S2/c1-11(4-6-17(14,15)8-11)12-10(13)7-9-3-2-5-16-9/h2-3,5H,4,6-8H2,1H3,(H,12,13)/t11-/m0/s1. The minimum absolute atomic E-state index is 0.0518. The molecule has 0 aromatic carbocycles. The van der Waals surface area contributed by atoms with Gasteiger partial charge < -0.3 is 5.32 Å². The highest BCUT2D eigenvalue weighted by molar-refractivity contribution is 7.91. The summed E-state index contributed by atoms with van der Waals surface area (Å²) in [5.41, 5.74) is -0.590. The Kier molecular flexibility index (Phi) is 3.27. The molecular weight excluding hydrogens is 258 g/mol. The number of carbonyl (C=O) groups excluding carboxylic acids is 1. The summed E-state index contributed by atoms with van der Waals surface area (Å²) in [5, 5.41) is 4.76. The van der Waals surface area contributed by atoms with Crippen LogP contribution in [0.3, 0.4) is 0 Å². The summed E-state index contributed by atoms with van der Waals surface area (Å²) < 4.78 is 22.8. The molecule has 0 unspecified atom stereocenters. The molecule has 1 fully saturated rings. The van der Waals surface area contributed by atoms with Crippen LogP contribution in [0, 0.1) is 0 Å². The average Bonchev–Trinajstić information content (AvgIpc) is 2.74. The normalized spacial score (nSPS) is 26.9. The summed E-state index contributed by atoms with van der Waals surface area (Å²) in [5.74, 6) is 0.117. The Labute approximate surface area is 105 Å². The summed E-state index contributed by atoms with van der Waals surface area (Å²) in [4.78, 5) is 12.8.